The molecule has 32 heavy (non-hydrogen) atoms. The summed E-state index contributed by atoms with van der Waals surface area (Å²) in [6.45, 7) is 4.00. The van der Waals surface area contributed by atoms with Crippen LogP contribution in [-0.4, -0.2) is 25.5 Å². The van der Waals surface area contributed by atoms with E-state index < -0.39 is 4.92 Å². The van der Waals surface area contributed by atoms with Crippen LogP contribution in [0.5, 0.6) is 0 Å². The number of nitro benzene ring substituents is 1. The Labute approximate surface area is 193 Å². The van der Waals surface area contributed by atoms with Crippen molar-refractivity contribution in [1.29, 1.82) is 0 Å². The quantitative estimate of drug-likeness (QED) is 0.265. The van der Waals surface area contributed by atoms with Gasteiger partial charge in [-0.25, -0.2) is 0 Å². The van der Waals surface area contributed by atoms with Gasteiger partial charge < -0.3 is 4.57 Å². The monoisotopic (exact) mass is 467 g/mol. The lowest BCUT2D eigenvalue weighted by Crippen LogP contribution is -2.27. The lowest BCUT2D eigenvalue weighted by molar-refractivity contribution is -0.384. The SMILES string of the molecule is Cc1cc(/C=C2\SC(=O)N(Cc3ccc(Cl)cc3)C2=O)c(C)n1-c1ccc([N+](=O)[O-])cc1. The largest absolute Gasteiger partial charge is 0.318 e. The van der Waals surface area contributed by atoms with E-state index in [1.54, 1.807) is 42.5 Å². The number of halogens is 1. The van der Waals surface area contributed by atoms with Crippen LogP contribution >= 0.6 is 23.4 Å². The maximum absolute atomic E-state index is 12.9. The number of nitrogens with zero attached hydrogens (tertiary/aromatic N) is 3. The molecule has 7 nitrogen and oxygen atoms in total. The molecule has 0 bridgehead atoms. The summed E-state index contributed by atoms with van der Waals surface area (Å²) in [6, 6.07) is 15.2. The molecular formula is C23H18ClN3O4S. The van der Waals surface area contributed by atoms with E-state index in [9.17, 15) is 19.7 Å². The topological polar surface area (TPSA) is 85.5 Å². The number of carbonyl (C=O) groups is 2. The van der Waals surface area contributed by atoms with Crippen molar-refractivity contribution in [1.82, 2.24) is 9.47 Å². The third kappa shape index (κ3) is 4.19. The molecule has 2 aromatic carbocycles. The normalized spacial score (nSPS) is 15.1. The van der Waals surface area contributed by atoms with E-state index >= 15 is 0 Å². The Morgan fingerprint density at radius 2 is 1.72 bits per heavy atom. The number of non-ortho nitro benzene ring substituents is 1. The van der Waals surface area contributed by atoms with E-state index in [0.29, 0.717) is 9.93 Å². The molecule has 1 aliphatic rings. The van der Waals surface area contributed by atoms with E-state index in [4.69, 9.17) is 11.6 Å². The first-order valence-corrected chi connectivity index (χ1v) is 10.9. The van der Waals surface area contributed by atoms with Crippen LogP contribution in [-0.2, 0) is 11.3 Å². The Bertz CT molecular complexity index is 1260. The van der Waals surface area contributed by atoms with Crippen LogP contribution in [0.15, 0.2) is 59.5 Å². The van der Waals surface area contributed by atoms with Gasteiger partial charge in [0, 0.05) is 34.2 Å². The maximum atomic E-state index is 12.9. The van der Waals surface area contributed by atoms with E-state index in [-0.39, 0.29) is 23.4 Å². The van der Waals surface area contributed by atoms with Crippen LogP contribution in [0.2, 0.25) is 5.02 Å². The summed E-state index contributed by atoms with van der Waals surface area (Å²) in [6.07, 6.45) is 1.72. The Morgan fingerprint density at radius 3 is 2.34 bits per heavy atom. The molecule has 2 heterocycles. The highest BCUT2D eigenvalue weighted by Gasteiger charge is 2.35. The highest BCUT2D eigenvalue weighted by Crippen LogP contribution is 2.35. The van der Waals surface area contributed by atoms with Gasteiger partial charge in [0.1, 0.15) is 0 Å². The third-order valence-electron chi connectivity index (χ3n) is 5.20. The molecule has 0 radical (unpaired) electrons. The van der Waals surface area contributed by atoms with Gasteiger partial charge in [-0.1, -0.05) is 23.7 Å². The van der Waals surface area contributed by atoms with Crippen molar-refractivity contribution in [2.24, 2.45) is 0 Å². The molecule has 4 rings (SSSR count). The van der Waals surface area contributed by atoms with Crippen LogP contribution in [0.4, 0.5) is 10.5 Å². The van der Waals surface area contributed by atoms with Crippen LogP contribution < -0.4 is 0 Å². The second-order valence-electron chi connectivity index (χ2n) is 7.33. The number of nitro groups is 1. The van der Waals surface area contributed by atoms with Gasteiger partial charge in [-0.2, -0.15) is 0 Å². The second kappa shape index (κ2) is 8.64. The van der Waals surface area contributed by atoms with Crippen LogP contribution in [0, 0.1) is 24.0 Å². The smallest absolute Gasteiger partial charge is 0.293 e. The molecular weight excluding hydrogens is 450 g/mol. The molecule has 0 spiro atoms. The van der Waals surface area contributed by atoms with E-state index in [1.807, 2.05) is 24.5 Å². The molecule has 1 aliphatic heterocycles. The first-order valence-electron chi connectivity index (χ1n) is 9.68. The van der Waals surface area contributed by atoms with Gasteiger partial charge in [-0.3, -0.25) is 24.6 Å². The van der Waals surface area contributed by atoms with Crippen molar-refractivity contribution < 1.29 is 14.5 Å². The standard InChI is InChI=1S/C23H18ClN3O4S/c1-14-11-17(15(2)26(14)19-7-9-20(10-8-19)27(30)31)12-21-22(28)25(23(29)32-21)13-16-3-5-18(24)6-4-16/h3-12H,13H2,1-2H3/b21-12-. The summed E-state index contributed by atoms with van der Waals surface area (Å²) in [5.41, 5.74) is 4.18. The number of imide groups is 1. The van der Waals surface area contributed by atoms with Gasteiger partial charge in [0.05, 0.1) is 16.4 Å². The van der Waals surface area contributed by atoms with Gasteiger partial charge in [-0.05, 0) is 73.1 Å². The number of carbonyl (C=O) groups excluding carboxylic acids is 2. The minimum Gasteiger partial charge on any atom is -0.318 e. The first kappa shape index (κ1) is 21.9. The zero-order valence-electron chi connectivity index (χ0n) is 17.2. The van der Waals surface area contributed by atoms with Crippen molar-refractivity contribution in [3.05, 3.63) is 97.2 Å². The van der Waals surface area contributed by atoms with E-state index in [0.717, 1.165) is 40.0 Å². The number of hydrogen-bond donors (Lipinski definition) is 0. The van der Waals surface area contributed by atoms with Crippen molar-refractivity contribution >= 4 is 46.3 Å². The fourth-order valence-electron chi connectivity index (χ4n) is 3.60. The zero-order chi connectivity index (χ0) is 23.0. The molecule has 1 saturated heterocycles. The highest BCUT2D eigenvalue weighted by atomic mass is 35.5. The molecule has 0 unspecified atom stereocenters. The van der Waals surface area contributed by atoms with E-state index in [1.165, 1.54) is 17.0 Å². The summed E-state index contributed by atoms with van der Waals surface area (Å²) in [7, 11) is 0. The van der Waals surface area contributed by atoms with Crippen LogP contribution in [0.25, 0.3) is 11.8 Å². The summed E-state index contributed by atoms with van der Waals surface area (Å²) >= 11 is 6.81. The summed E-state index contributed by atoms with van der Waals surface area (Å²) in [5, 5.41) is 11.2. The predicted octanol–water partition coefficient (Wildman–Crippen LogP) is 5.89. The summed E-state index contributed by atoms with van der Waals surface area (Å²) in [4.78, 5) is 37.4. The number of rotatable bonds is 5. The highest BCUT2D eigenvalue weighted by molar-refractivity contribution is 8.18. The van der Waals surface area contributed by atoms with E-state index in [2.05, 4.69) is 0 Å². The average molecular weight is 468 g/mol. The van der Waals surface area contributed by atoms with Crippen molar-refractivity contribution in [3.63, 3.8) is 0 Å². The molecule has 3 aromatic rings. The molecule has 1 aromatic heterocycles. The predicted molar refractivity (Wildman–Crippen MR) is 125 cm³/mol. The molecule has 2 amide bonds. The van der Waals surface area contributed by atoms with Gasteiger partial charge >= 0.3 is 0 Å². The fraction of sp³-hybridized carbons (Fsp3) is 0.130. The van der Waals surface area contributed by atoms with Gasteiger partial charge in [0.25, 0.3) is 16.8 Å². The number of amides is 2. The Balaban J connectivity index is 1.61. The molecule has 0 atom stereocenters. The number of hydrogen-bond acceptors (Lipinski definition) is 5. The number of thioether (sulfide) groups is 1. The lowest BCUT2D eigenvalue weighted by Gasteiger charge is -2.12. The molecule has 0 aliphatic carbocycles. The van der Waals surface area contributed by atoms with Crippen molar-refractivity contribution in [2.45, 2.75) is 20.4 Å². The number of aryl methyl sites for hydroxylation is 1. The van der Waals surface area contributed by atoms with Crippen molar-refractivity contribution in [2.75, 3.05) is 0 Å². The van der Waals surface area contributed by atoms with Gasteiger partial charge in [0.2, 0.25) is 0 Å². The maximum Gasteiger partial charge on any atom is 0.293 e. The van der Waals surface area contributed by atoms with Crippen molar-refractivity contribution in [3.8, 4) is 5.69 Å². The van der Waals surface area contributed by atoms with Gasteiger partial charge in [-0.15, -0.1) is 0 Å². The minimum atomic E-state index is -0.440. The molecule has 1 fully saturated rings. The molecule has 0 N–H and O–H groups in total. The Morgan fingerprint density at radius 1 is 1.06 bits per heavy atom. The number of benzene rings is 2. The number of aromatic nitrogens is 1. The van der Waals surface area contributed by atoms with Gasteiger partial charge in [0.15, 0.2) is 0 Å². The average Bonchev–Trinajstić information content (AvgIpc) is 3.19. The summed E-state index contributed by atoms with van der Waals surface area (Å²) in [5.74, 6) is -0.338. The molecule has 0 saturated carbocycles. The van der Waals surface area contributed by atoms with Crippen LogP contribution in [0.1, 0.15) is 22.5 Å². The first-order chi connectivity index (χ1) is 15.2. The lowest BCUT2D eigenvalue weighted by atomic mass is 10.2. The van der Waals surface area contributed by atoms with Crippen LogP contribution in [0.3, 0.4) is 0 Å². The second-order valence-corrected chi connectivity index (χ2v) is 8.76. The fourth-order valence-corrected chi connectivity index (χ4v) is 4.56. The minimum absolute atomic E-state index is 0.0193. The zero-order valence-corrected chi connectivity index (χ0v) is 18.8. The molecule has 162 valence electrons. The Hall–Kier alpha value is -3.36. The molecule has 9 heteroatoms. The summed E-state index contributed by atoms with van der Waals surface area (Å²) < 4.78 is 1.95. The third-order valence-corrected chi connectivity index (χ3v) is 6.36. The Kier molecular flexibility index (Phi) is 5.90.